The number of amides is 1. The van der Waals surface area contributed by atoms with Crippen molar-refractivity contribution >= 4 is 21.4 Å². The number of hydrogen-bond donors (Lipinski definition) is 1. The van der Waals surface area contributed by atoms with Crippen molar-refractivity contribution in [2.45, 2.75) is 0 Å². The molecule has 30 heavy (non-hydrogen) atoms. The first-order valence-corrected chi connectivity index (χ1v) is 10.9. The molecular weight excluding hydrogens is 416 g/mol. The number of carbonyl (C=O) groups excluding carboxylic acids is 1. The Hall–Kier alpha value is -3.27. The Morgan fingerprint density at radius 1 is 1.20 bits per heavy atom. The molecule has 1 N–H and O–H groups in total. The van der Waals surface area contributed by atoms with E-state index in [-0.39, 0.29) is 29.2 Å². The van der Waals surface area contributed by atoms with Crippen molar-refractivity contribution in [2.24, 2.45) is 7.05 Å². The lowest BCUT2D eigenvalue weighted by atomic mass is 10.1. The number of nitrogens with one attached hydrogen (secondary N) is 1. The van der Waals surface area contributed by atoms with Crippen molar-refractivity contribution in [1.82, 2.24) is 9.78 Å². The summed E-state index contributed by atoms with van der Waals surface area (Å²) in [5.74, 6) is -1.86. The van der Waals surface area contributed by atoms with Gasteiger partial charge < -0.3 is 10.1 Å². The summed E-state index contributed by atoms with van der Waals surface area (Å²) < 4.78 is 56.6. The van der Waals surface area contributed by atoms with E-state index >= 15 is 0 Å². The largest absolute Gasteiger partial charge is 0.492 e. The van der Waals surface area contributed by atoms with Crippen LogP contribution in [-0.4, -0.2) is 42.7 Å². The van der Waals surface area contributed by atoms with Gasteiger partial charge in [-0.05, 0) is 24.3 Å². The molecule has 0 aliphatic rings. The fourth-order valence-corrected chi connectivity index (χ4v) is 3.09. The number of nitrogens with zero attached hydrogens (tertiary/aromatic N) is 2. The van der Waals surface area contributed by atoms with Crippen molar-refractivity contribution in [2.75, 3.05) is 23.9 Å². The summed E-state index contributed by atoms with van der Waals surface area (Å²) in [6.07, 6.45) is 2.54. The van der Waals surface area contributed by atoms with E-state index in [0.717, 1.165) is 18.4 Å². The van der Waals surface area contributed by atoms with Gasteiger partial charge in [0.1, 0.15) is 29.7 Å². The second-order valence-electron chi connectivity index (χ2n) is 6.65. The molecule has 0 saturated carbocycles. The van der Waals surface area contributed by atoms with E-state index in [1.165, 1.54) is 23.0 Å². The van der Waals surface area contributed by atoms with Gasteiger partial charge in [-0.1, -0.05) is 6.07 Å². The standard InChI is InChI=1S/C20H19F2N3O4S/c1-25-12-17(19(24-25)16-7-6-13(21)10-18(16)22)20(26)23-14-4-3-5-15(11-14)29-8-9-30(2,27)28/h3-7,10-12H,8-9H2,1-2H3,(H,23,26). The summed E-state index contributed by atoms with van der Waals surface area (Å²) in [7, 11) is -1.57. The first kappa shape index (κ1) is 21.4. The molecule has 3 aromatic rings. The molecule has 1 aromatic heterocycles. The Morgan fingerprint density at radius 2 is 1.97 bits per heavy atom. The van der Waals surface area contributed by atoms with E-state index < -0.39 is 27.4 Å². The summed E-state index contributed by atoms with van der Waals surface area (Å²) in [6.45, 7) is -0.0210. The van der Waals surface area contributed by atoms with E-state index in [9.17, 15) is 22.0 Å². The topological polar surface area (TPSA) is 90.3 Å². The van der Waals surface area contributed by atoms with Gasteiger partial charge in [0.2, 0.25) is 0 Å². The number of hydrogen-bond acceptors (Lipinski definition) is 5. The van der Waals surface area contributed by atoms with E-state index in [4.69, 9.17) is 4.74 Å². The van der Waals surface area contributed by atoms with Gasteiger partial charge >= 0.3 is 0 Å². The summed E-state index contributed by atoms with van der Waals surface area (Å²) in [4.78, 5) is 12.8. The maximum atomic E-state index is 14.2. The number of aromatic nitrogens is 2. The number of ether oxygens (including phenoxy) is 1. The molecule has 1 heterocycles. The predicted molar refractivity (Wildman–Crippen MR) is 108 cm³/mol. The molecule has 158 valence electrons. The molecule has 0 fully saturated rings. The number of aryl methyl sites for hydroxylation is 1. The molecule has 0 spiro atoms. The molecule has 0 saturated heterocycles. The molecule has 10 heteroatoms. The van der Waals surface area contributed by atoms with Crippen LogP contribution in [0.25, 0.3) is 11.3 Å². The Labute approximate surface area is 172 Å². The normalized spacial score (nSPS) is 11.3. The second kappa shape index (κ2) is 8.62. The first-order chi connectivity index (χ1) is 14.1. The average Bonchev–Trinajstić information content (AvgIpc) is 3.02. The van der Waals surface area contributed by atoms with E-state index in [0.29, 0.717) is 11.4 Å². The monoisotopic (exact) mass is 435 g/mol. The third kappa shape index (κ3) is 5.41. The minimum Gasteiger partial charge on any atom is -0.492 e. The maximum Gasteiger partial charge on any atom is 0.259 e. The SMILES string of the molecule is Cn1cc(C(=O)Nc2cccc(OCCS(C)(=O)=O)c2)c(-c2ccc(F)cc2F)n1. The molecule has 2 aromatic carbocycles. The average molecular weight is 435 g/mol. The fraction of sp³-hybridized carbons (Fsp3) is 0.200. The maximum absolute atomic E-state index is 14.2. The molecule has 0 aliphatic carbocycles. The van der Waals surface area contributed by atoms with Crippen molar-refractivity contribution in [1.29, 1.82) is 0 Å². The molecule has 3 rings (SSSR count). The quantitative estimate of drug-likeness (QED) is 0.616. The highest BCUT2D eigenvalue weighted by atomic mass is 32.2. The van der Waals surface area contributed by atoms with Crippen molar-refractivity contribution in [3.05, 3.63) is 65.9 Å². The number of sulfone groups is 1. The van der Waals surface area contributed by atoms with Crippen LogP contribution in [0.3, 0.4) is 0 Å². The van der Waals surface area contributed by atoms with Gasteiger partial charge in [-0.2, -0.15) is 5.10 Å². The van der Waals surface area contributed by atoms with E-state index in [2.05, 4.69) is 10.4 Å². The third-order valence-electron chi connectivity index (χ3n) is 4.07. The Kier molecular flexibility index (Phi) is 6.16. The lowest BCUT2D eigenvalue weighted by Gasteiger charge is -2.09. The van der Waals surface area contributed by atoms with Gasteiger partial charge in [-0.25, -0.2) is 17.2 Å². The van der Waals surface area contributed by atoms with Crippen LogP contribution in [-0.2, 0) is 16.9 Å². The fourth-order valence-electron chi connectivity index (χ4n) is 2.71. The molecule has 0 radical (unpaired) electrons. The molecule has 1 amide bonds. The Morgan fingerprint density at radius 3 is 2.67 bits per heavy atom. The van der Waals surface area contributed by atoms with E-state index in [1.54, 1.807) is 25.2 Å². The lowest BCUT2D eigenvalue weighted by molar-refractivity contribution is 0.102. The van der Waals surface area contributed by atoms with Gasteiger partial charge in [-0.3, -0.25) is 9.48 Å². The molecular formula is C20H19F2N3O4S. The third-order valence-corrected chi connectivity index (χ3v) is 4.98. The van der Waals surface area contributed by atoms with Gasteiger partial charge in [0, 0.05) is 42.9 Å². The van der Waals surface area contributed by atoms with Gasteiger partial charge in [-0.15, -0.1) is 0 Å². The van der Waals surface area contributed by atoms with Gasteiger partial charge in [0.05, 0.1) is 11.3 Å². The number of halogens is 2. The first-order valence-electron chi connectivity index (χ1n) is 8.83. The summed E-state index contributed by atoms with van der Waals surface area (Å²) in [5, 5.41) is 6.80. The van der Waals surface area contributed by atoms with Gasteiger partial charge in [0.15, 0.2) is 9.84 Å². The zero-order valence-corrected chi connectivity index (χ0v) is 17.0. The molecule has 0 unspecified atom stereocenters. The van der Waals surface area contributed by atoms with Crippen LogP contribution in [0.2, 0.25) is 0 Å². The molecule has 7 nitrogen and oxygen atoms in total. The zero-order chi connectivity index (χ0) is 21.9. The number of rotatable bonds is 7. The number of carbonyl (C=O) groups is 1. The van der Waals surface area contributed by atoms with Crippen molar-refractivity contribution in [3.8, 4) is 17.0 Å². The summed E-state index contributed by atoms with van der Waals surface area (Å²) >= 11 is 0. The second-order valence-corrected chi connectivity index (χ2v) is 8.91. The van der Waals surface area contributed by atoms with Crippen LogP contribution in [0.15, 0.2) is 48.7 Å². The van der Waals surface area contributed by atoms with Crippen LogP contribution < -0.4 is 10.1 Å². The highest BCUT2D eigenvalue weighted by Crippen LogP contribution is 2.26. The van der Waals surface area contributed by atoms with Crippen LogP contribution >= 0.6 is 0 Å². The lowest BCUT2D eigenvalue weighted by Crippen LogP contribution is -2.13. The minimum atomic E-state index is -3.15. The minimum absolute atomic E-state index is 0.00000831. The van der Waals surface area contributed by atoms with E-state index in [1.807, 2.05) is 0 Å². The predicted octanol–water partition coefficient (Wildman–Crippen LogP) is 3.04. The number of anilines is 1. The summed E-state index contributed by atoms with van der Waals surface area (Å²) in [6, 6.07) is 9.45. The molecule has 0 bridgehead atoms. The smallest absolute Gasteiger partial charge is 0.259 e. The molecule has 0 aliphatic heterocycles. The van der Waals surface area contributed by atoms with Crippen LogP contribution in [0.5, 0.6) is 5.75 Å². The van der Waals surface area contributed by atoms with Crippen molar-refractivity contribution in [3.63, 3.8) is 0 Å². The van der Waals surface area contributed by atoms with Crippen LogP contribution in [0.1, 0.15) is 10.4 Å². The number of benzene rings is 2. The van der Waals surface area contributed by atoms with Crippen molar-refractivity contribution < 1.29 is 26.7 Å². The highest BCUT2D eigenvalue weighted by molar-refractivity contribution is 7.90. The van der Waals surface area contributed by atoms with Gasteiger partial charge in [0.25, 0.3) is 5.91 Å². The Balaban J connectivity index is 1.79. The Bertz CT molecular complexity index is 1190. The molecule has 0 atom stereocenters. The zero-order valence-electron chi connectivity index (χ0n) is 16.2. The summed E-state index contributed by atoms with van der Waals surface area (Å²) in [5.41, 5.74) is 0.575. The van der Waals surface area contributed by atoms with Crippen LogP contribution in [0, 0.1) is 11.6 Å². The van der Waals surface area contributed by atoms with Crippen LogP contribution in [0.4, 0.5) is 14.5 Å². The highest BCUT2D eigenvalue weighted by Gasteiger charge is 2.20.